The van der Waals surface area contributed by atoms with Gasteiger partial charge >= 0.3 is 0 Å². The van der Waals surface area contributed by atoms with E-state index in [9.17, 15) is 14.4 Å². The maximum absolute atomic E-state index is 13.1. The second kappa shape index (κ2) is 5.47. The number of imide groups is 1. The highest BCUT2D eigenvalue weighted by atomic mass is 16.2. The lowest BCUT2D eigenvalue weighted by molar-refractivity contribution is -0.137. The first-order valence-electron chi connectivity index (χ1n) is 7.94. The number of carbonyl (C=O) groups is 2. The standard InChI is InChI=1S/C16H19BN4O3/c1-3-9-6-10(18)13-11(7-9)19-8(2)21(14(13)23)16(17)5-4-12(22)20-15(16)24/h6-7H,3-5,17-18H2,1-2H3,(H,20,22,24). The first kappa shape index (κ1) is 16.2. The molecule has 1 atom stereocenters. The molecule has 24 heavy (non-hydrogen) atoms. The van der Waals surface area contributed by atoms with Crippen molar-refractivity contribution in [3.05, 3.63) is 33.9 Å². The molecule has 0 radical (unpaired) electrons. The van der Waals surface area contributed by atoms with Gasteiger partial charge in [0.05, 0.1) is 16.3 Å². The van der Waals surface area contributed by atoms with Crippen LogP contribution in [0.2, 0.25) is 0 Å². The van der Waals surface area contributed by atoms with Gasteiger partial charge in [0.2, 0.25) is 11.8 Å². The minimum atomic E-state index is -1.16. The Morgan fingerprint density at radius 2 is 2.08 bits per heavy atom. The van der Waals surface area contributed by atoms with Crippen molar-refractivity contribution >= 4 is 36.3 Å². The van der Waals surface area contributed by atoms with Crippen LogP contribution in [0, 0.1) is 6.92 Å². The van der Waals surface area contributed by atoms with Crippen molar-refractivity contribution in [3.8, 4) is 0 Å². The van der Waals surface area contributed by atoms with Gasteiger partial charge in [0, 0.05) is 12.1 Å². The molecule has 0 aliphatic carbocycles. The summed E-state index contributed by atoms with van der Waals surface area (Å²) in [4.78, 5) is 41.4. The fourth-order valence-electron chi connectivity index (χ4n) is 3.31. The maximum atomic E-state index is 13.1. The van der Waals surface area contributed by atoms with Crippen LogP contribution < -0.4 is 16.6 Å². The molecular formula is C16H19BN4O3. The van der Waals surface area contributed by atoms with E-state index in [1.54, 1.807) is 20.8 Å². The van der Waals surface area contributed by atoms with E-state index in [0.717, 1.165) is 12.0 Å². The smallest absolute Gasteiger partial charge is 0.263 e. The van der Waals surface area contributed by atoms with Gasteiger partial charge in [-0.05, 0) is 37.5 Å². The van der Waals surface area contributed by atoms with E-state index < -0.39 is 11.3 Å². The highest BCUT2D eigenvalue weighted by Gasteiger charge is 2.41. The molecule has 7 nitrogen and oxygen atoms in total. The lowest BCUT2D eigenvalue weighted by Gasteiger charge is -2.35. The molecule has 2 heterocycles. The Morgan fingerprint density at radius 3 is 2.71 bits per heavy atom. The normalized spacial score (nSPS) is 21.1. The average molecular weight is 326 g/mol. The number of aromatic nitrogens is 2. The van der Waals surface area contributed by atoms with Crippen LogP contribution in [0.1, 0.15) is 31.2 Å². The third-order valence-corrected chi connectivity index (χ3v) is 4.71. The van der Waals surface area contributed by atoms with Crippen LogP contribution in [0.25, 0.3) is 10.9 Å². The Balaban J connectivity index is 2.30. The number of hydrogen-bond donors (Lipinski definition) is 2. The van der Waals surface area contributed by atoms with Crippen LogP contribution in [0.4, 0.5) is 5.69 Å². The summed E-state index contributed by atoms with van der Waals surface area (Å²) in [6, 6.07) is 3.61. The van der Waals surface area contributed by atoms with Gasteiger partial charge in [-0.15, -0.1) is 0 Å². The highest BCUT2D eigenvalue weighted by Crippen LogP contribution is 2.26. The highest BCUT2D eigenvalue weighted by molar-refractivity contribution is 6.28. The lowest BCUT2D eigenvalue weighted by atomic mass is 9.71. The van der Waals surface area contributed by atoms with Crippen molar-refractivity contribution < 1.29 is 9.59 Å². The molecular weight excluding hydrogens is 307 g/mol. The summed E-state index contributed by atoms with van der Waals surface area (Å²) in [7, 11) is 1.65. The summed E-state index contributed by atoms with van der Waals surface area (Å²) < 4.78 is 1.36. The molecule has 1 aromatic heterocycles. The second-order valence-corrected chi connectivity index (χ2v) is 6.38. The molecule has 2 amide bonds. The number of aryl methyl sites for hydroxylation is 2. The van der Waals surface area contributed by atoms with Crippen molar-refractivity contribution in [2.75, 3.05) is 5.73 Å². The predicted octanol–water partition coefficient (Wildman–Crippen LogP) is -0.428. The number of piperidine rings is 1. The second-order valence-electron chi connectivity index (χ2n) is 6.38. The SMILES string of the molecule is BC1(n2c(C)nc3cc(CC)cc(N)c3c2=O)CCC(=O)NC1=O. The molecule has 2 aromatic rings. The molecule has 0 bridgehead atoms. The molecule has 1 fully saturated rings. The van der Waals surface area contributed by atoms with Gasteiger partial charge < -0.3 is 5.73 Å². The van der Waals surface area contributed by atoms with Gasteiger partial charge in [0.15, 0.2) is 0 Å². The number of amides is 2. The van der Waals surface area contributed by atoms with Crippen molar-refractivity contribution in [3.63, 3.8) is 0 Å². The first-order valence-corrected chi connectivity index (χ1v) is 7.94. The van der Waals surface area contributed by atoms with Crippen molar-refractivity contribution in [1.29, 1.82) is 0 Å². The lowest BCUT2D eigenvalue weighted by Crippen LogP contribution is -2.58. The first-order chi connectivity index (χ1) is 11.3. The summed E-state index contributed by atoms with van der Waals surface area (Å²) in [5.41, 5.74) is 6.44. The van der Waals surface area contributed by atoms with E-state index in [0.29, 0.717) is 22.4 Å². The summed E-state index contributed by atoms with van der Waals surface area (Å²) >= 11 is 0. The molecule has 124 valence electrons. The van der Waals surface area contributed by atoms with E-state index in [2.05, 4.69) is 10.3 Å². The zero-order chi connectivity index (χ0) is 17.6. The van der Waals surface area contributed by atoms with Gasteiger partial charge in [-0.25, -0.2) is 4.98 Å². The third kappa shape index (κ3) is 2.29. The zero-order valence-electron chi connectivity index (χ0n) is 14.0. The molecule has 0 spiro atoms. The molecule has 3 N–H and O–H groups in total. The van der Waals surface area contributed by atoms with Crippen LogP contribution in [0.5, 0.6) is 0 Å². The van der Waals surface area contributed by atoms with Gasteiger partial charge in [-0.2, -0.15) is 0 Å². The van der Waals surface area contributed by atoms with Crippen LogP contribution in [0.15, 0.2) is 16.9 Å². The van der Waals surface area contributed by atoms with E-state index in [1.165, 1.54) is 4.57 Å². The monoisotopic (exact) mass is 326 g/mol. The molecule has 8 heteroatoms. The topological polar surface area (TPSA) is 107 Å². The minimum absolute atomic E-state index is 0.177. The van der Waals surface area contributed by atoms with Crippen LogP contribution in [0.3, 0.4) is 0 Å². The number of benzene rings is 1. The van der Waals surface area contributed by atoms with Crippen molar-refractivity contribution in [2.45, 2.75) is 38.5 Å². The number of fused-ring (bicyclic) bond motifs is 1. The molecule has 1 aromatic carbocycles. The Hall–Kier alpha value is -2.64. The number of nitrogen functional groups attached to an aromatic ring is 1. The van der Waals surface area contributed by atoms with E-state index in [4.69, 9.17) is 5.73 Å². The van der Waals surface area contributed by atoms with Gasteiger partial charge in [-0.3, -0.25) is 24.3 Å². The number of nitrogens with one attached hydrogen (secondary N) is 1. The van der Waals surface area contributed by atoms with Crippen LogP contribution in [-0.4, -0.2) is 29.2 Å². The number of nitrogens with zero attached hydrogens (tertiary/aromatic N) is 2. The molecule has 1 aliphatic rings. The number of nitrogens with two attached hydrogens (primary N) is 1. The van der Waals surface area contributed by atoms with Gasteiger partial charge in [-0.1, -0.05) is 6.92 Å². The van der Waals surface area contributed by atoms with Crippen LogP contribution >= 0.6 is 0 Å². The predicted molar refractivity (Wildman–Crippen MR) is 93.4 cm³/mol. The zero-order valence-corrected chi connectivity index (χ0v) is 14.0. The van der Waals surface area contributed by atoms with E-state index in [1.807, 2.05) is 13.0 Å². The van der Waals surface area contributed by atoms with Gasteiger partial charge in [0.25, 0.3) is 5.56 Å². The summed E-state index contributed by atoms with van der Waals surface area (Å²) in [6.07, 6.45) is 1.21. The number of anilines is 1. The molecule has 1 saturated heterocycles. The molecule has 0 saturated carbocycles. The molecule has 1 aliphatic heterocycles. The largest absolute Gasteiger partial charge is 0.398 e. The Kier molecular flexibility index (Phi) is 3.70. The van der Waals surface area contributed by atoms with Crippen molar-refractivity contribution in [2.24, 2.45) is 0 Å². The van der Waals surface area contributed by atoms with E-state index >= 15 is 0 Å². The molecule has 3 rings (SSSR count). The summed E-state index contributed by atoms with van der Waals surface area (Å²) in [5, 5.41) is 2.62. The minimum Gasteiger partial charge on any atom is -0.398 e. The average Bonchev–Trinajstić information content (AvgIpc) is 2.50. The molecule has 1 unspecified atom stereocenters. The Bertz CT molecular complexity index is 937. The van der Waals surface area contributed by atoms with E-state index in [-0.39, 0.29) is 24.3 Å². The summed E-state index contributed by atoms with van der Waals surface area (Å²) in [5.74, 6) is -0.398. The fourth-order valence-corrected chi connectivity index (χ4v) is 3.31. The number of carbonyl (C=O) groups excluding carboxylic acids is 2. The Morgan fingerprint density at radius 1 is 1.38 bits per heavy atom. The fraction of sp³-hybridized carbons (Fsp3) is 0.375. The third-order valence-electron chi connectivity index (χ3n) is 4.71. The number of hydrogen-bond acceptors (Lipinski definition) is 5. The Labute approximate surface area is 139 Å². The van der Waals surface area contributed by atoms with Crippen molar-refractivity contribution in [1.82, 2.24) is 14.9 Å². The maximum Gasteiger partial charge on any atom is 0.263 e. The van der Waals surface area contributed by atoms with Crippen LogP contribution in [-0.2, 0) is 21.4 Å². The number of rotatable bonds is 2. The van der Waals surface area contributed by atoms with Gasteiger partial charge in [0.1, 0.15) is 13.7 Å². The quantitative estimate of drug-likeness (QED) is 0.442. The summed E-state index contributed by atoms with van der Waals surface area (Å²) in [6.45, 7) is 3.68.